The van der Waals surface area contributed by atoms with Gasteiger partial charge in [-0.2, -0.15) is 0 Å². The Bertz CT molecular complexity index is 611. The Morgan fingerprint density at radius 1 is 1.05 bits per heavy atom. The van der Waals surface area contributed by atoms with Crippen LogP contribution in [0.3, 0.4) is 0 Å². The molecule has 0 aliphatic heterocycles. The molecule has 0 aliphatic carbocycles. The van der Waals surface area contributed by atoms with Crippen molar-refractivity contribution in [3.8, 4) is 0 Å². The second kappa shape index (κ2) is 8.29. The maximum absolute atomic E-state index is 12.8. The van der Waals surface area contributed by atoms with Crippen LogP contribution in [0.2, 0.25) is 0 Å². The van der Waals surface area contributed by atoms with Gasteiger partial charge in [0, 0.05) is 25.2 Å². The van der Waals surface area contributed by atoms with Gasteiger partial charge in [-0.25, -0.2) is 4.39 Å². The molecule has 2 aromatic rings. The number of carbonyl (C=O) groups is 1. The van der Waals surface area contributed by atoms with Crippen molar-refractivity contribution in [1.82, 2.24) is 5.32 Å². The summed E-state index contributed by atoms with van der Waals surface area (Å²) in [7, 11) is 0. The van der Waals surface area contributed by atoms with Gasteiger partial charge in [0.1, 0.15) is 5.82 Å². The Morgan fingerprint density at radius 2 is 1.77 bits per heavy atom. The number of amides is 1. The van der Waals surface area contributed by atoms with Crippen LogP contribution in [-0.4, -0.2) is 5.91 Å². The molecule has 116 valence electrons. The lowest BCUT2D eigenvalue weighted by Crippen LogP contribution is -2.14. The van der Waals surface area contributed by atoms with Crippen LogP contribution in [-0.2, 0) is 17.9 Å². The number of rotatable bonds is 7. The van der Waals surface area contributed by atoms with Crippen molar-refractivity contribution in [3.05, 3.63) is 65.5 Å². The lowest BCUT2D eigenvalue weighted by atomic mass is 10.1. The van der Waals surface area contributed by atoms with Gasteiger partial charge in [-0.1, -0.05) is 31.2 Å². The molecule has 0 bridgehead atoms. The number of anilines is 1. The van der Waals surface area contributed by atoms with E-state index in [1.165, 1.54) is 12.1 Å². The number of hydrogen-bond donors (Lipinski definition) is 2. The second-order valence-electron chi connectivity index (χ2n) is 5.23. The van der Waals surface area contributed by atoms with E-state index in [9.17, 15) is 9.18 Å². The van der Waals surface area contributed by atoms with E-state index in [2.05, 4.69) is 10.6 Å². The van der Waals surface area contributed by atoms with Gasteiger partial charge >= 0.3 is 0 Å². The lowest BCUT2D eigenvalue weighted by Gasteiger charge is -2.08. The predicted octanol–water partition coefficient (Wildman–Crippen LogP) is 3.85. The molecule has 0 aliphatic rings. The third kappa shape index (κ3) is 5.30. The summed E-state index contributed by atoms with van der Waals surface area (Å²) in [6, 6.07) is 14.2. The molecular weight excluding hydrogens is 279 g/mol. The maximum atomic E-state index is 12.8. The number of nitrogens with one attached hydrogen (secondary N) is 2. The van der Waals surface area contributed by atoms with Gasteiger partial charge in [0.15, 0.2) is 0 Å². The van der Waals surface area contributed by atoms with Crippen molar-refractivity contribution in [3.63, 3.8) is 0 Å². The van der Waals surface area contributed by atoms with Gasteiger partial charge in [-0.15, -0.1) is 0 Å². The molecule has 2 rings (SSSR count). The minimum absolute atomic E-state index is 0.0407. The first-order valence-electron chi connectivity index (χ1n) is 7.51. The summed E-state index contributed by atoms with van der Waals surface area (Å²) in [4.78, 5) is 11.6. The maximum Gasteiger partial charge on any atom is 0.224 e. The monoisotopic (exact) mass is 300 g/mol. The average molecular weight is 300 g/mol. The lowest BCUT2D eigenvalue weighted by molar-refractivity contribution is -0.116. The zero-order valence-corrected chi connectivity index (χ0v) is 12.7. The Hall–Kier alpha value is -2.20. The Balaban J connectivity index is 1.85. The van der Waals surface area contributed by atoms with E-state index in [0.29, 0.717) is 19.5 Å². The Kier molecular flexibility index (Phi) is 6.10. The van der Waals surface area contributed by atoms with Gasteiger partial charge in [0.2, 0.25) is 5.91 Å². The minimum Gasteiger partial charge on any atom is -0.326 e. The molecule has 0 unspecified atom stereocenters. The minimum atomic E-state index is -0.223. The van der Waals surface area contributed by atoms with Gasteiger partial charge < -0.3 is 10.6 Å². The third-order valence-electron chi connectivity index (χ3n) is 3.26. The summed E-state index contributed by atoms with van der Waals surface area (Å²) < 4.78 is 12.8. The molecule has 2 N–H and O–H groups in total. The van der Waals surface area contributed by atoms with Crippen LogP contribution in [0.15, 0.2) is 48.5 Å². The van der Waals surface area contributed by atoms with Crippen LogP contribution in [0.5, 0.6) is 0 Å². The number of hydrogen-bond acceptors (Lipinski definition) is 2. The van der Waals surface area contributed by atoms with Crippen LogP contribution < -0.4 is 10.6 Å². The normalized spacial score (nSPS) is 10.5. The molecular formula is C18H21FN2O. The van der Waals surface area contributed by atoms with Crippen molar-refractivity contribution >= 4 is 11.6 Å². The van der Waals surface area contributed by atoms with E-state index in [1.807, 2.05) is 31.2 Å². The summed E-state index contributed by atoms with van der Waals surface area (Å²) in [5.41, 5.74) is 2.95. The fourth-order valence-electron chi connectivity index (χ4n) is 2.16. The van der Waals surface area contributed by atoms with Crippen molar-refractivity contribution in [2.45, 2.75) is 32.9 Å². The van der Waals surface area contributed by atoms with Crippen LogP contribution in [0.25, 0.3) is 0 Å². The Labute approximate surface area is 130 Å². The standard InChI is InChI=1S/C18H21FN2O/c1-2-4-18(22)21-17-6-3-5-15(11-17)13-20-12-14-7-9-16(19)10-8-14/h3,5-11,20H,2,4,12-13H2,1H3,(H,21,22). The summed E-state index contributed by atoms with van der Waals surface area (Å²) in [5, 5.41) is 6.20. The zero-order valence-electron chi connectivity index (χ0n) is 12.7. The molecule has 0 saturated carbocycles. The predicted molar refractivity (Wildman–Crippen MR) is 86.9 cm³/mol. The van der Waals surface area contributed by atoms with Gasteiger partial charge in [-0.05, 0) is 41.8 Å². The van der Waals surface area contributed by atoms with E-state index < -0.39 is 0 Å². The van der Waals surface area contributed by atoms with E-state index in [4.69, 9.17) is 0 Å². The highest BCUT2D eigenvalue weighted by molar-refractivity contribution is 5.90. The topological polar surface area (TPSA) is 41.1 Å². The summed E-state index contributed by atoms with van der Waals surface area (Å²) in [5.74, 6) is -0.182. The third-order valence-corrected chi connectivity index (χ3v) is 3.26. The summed E-state index contributed by atoms with van der Waals surface area (Å²) >= 11 is 0. The first kappa shape index (κ1) is 16.2. The van der Waals surface area contributed by atoms with E-state index in [-0.39, 0.29) is 11.7 Å². The molecule has 0 heterocycles. The van der Waals surface area contributed by atoms with Crippen LogP contribution >= 0.6 is 0 Å². The fourth-order valence-corrected chi connectivity index (χ4v) is 2.16. The molecule has 4 heteroatoms. The number of halogens is 1. The molecule has 3 nitrogen and oxygen atoms in total. The molecule has 0 radical (unpaired) electrons. The van der Waals surface area contributed by atoms with Gasteiger partial charge in [0.25, 0.3) is 0 Å². The van der Waals surface area contributed by atoms with Crippen molar-refractivity contribution in [2.75, 3.05) is 5.32 Å². The number of carbonyl (C=O) groups excluding carboxylic acids is 1. The highest BCUT2D eigenvalue weighted by Crippen LogP contribution is 2.11. The molecule has 0 atom stereocenters. The van der Waals surface area contributed by atoms with Crippen LogP contribution in [0.4, 0.5) is 10.1 Å². The molecule has 0 saturated heterocycles. The largest absolute Gasteiger partial charge is 0.326 e. The highest BCUT2D eigenvalue weighted by atomic mass is 19.1. The quantitative estimate of drug-likeness (QED) is 0.815. The SMILES string of the molecule is CCCC(=O)Nc1cccc(CNCc2ccc(F)cc2)c1. The molecule has 0 spiro atoms. The van der Waals surface area contributed by atoms with Gasteiger partial charge in [0.05, 0.1) is 0 Å². The molecule has 2 aromatic carbocycles. The summed E-state index contributed by atoms with van der Waals surface area (Å²) in [6.45, 7) is 3.34. The average Bonchev–Trinajstić information content (AvgIpc) is 2.50. The van der Waals surface area contributed by atoms with E-state index >= 15 is 0 Å². The smallest absolute Gasteiger partial charge is 0.224 e. The number of benzene rings is 2. The zero-order chi connectivity index (χ0) is 15.8. The summed E-state index contributed by atoms with van der Waals surface area (Å²) in [6.07, 6.45) is 1.37. The van der Waals surface area contributed by atoms with E-state index in [0.717, 1.165) is 23.2 Å². The van der Waals surface area contributed by atoms with Crippen molar-refractivity contribution in [1.29, 1.82) is 0 Å². The molecule has 0 fully saturated rings. The first-order chi connectivity index (χ1) is 10.7. The van der Waals surface area contributed by atoms with Gasteiger partial charge in [-0.3, -0.25) is 4.79 Å². The molecule has 22 heavy (non-hydrogen) atoms. The van der Waals surface area contributed by atoms with Crippen molar-refractivity contribution in [2.24, 2.45) is 0 Å². The Morgan fingerprint density at radius 3 is 2.50 bits per heavy atom. The first-order valence-corrected chi connectivity index (χ1v) is 7.51. The van der Waals surface area contributed by atoms with Crippen LogP contribution in [0.1, 0.15) is 30.9 Å². The van der Waals surface area contributed by atoms with Crippen molar-refractivity contribution < 1.29 is 9.18 Å². The van der Waals surface area contributed by atoms with E-state index in [1.54, 1.807) is 12.1 Å². The van der Waals surface area contributed by atoms with Crippen LogP contribution in [0, 0.1) is 5.82 Å². The fraction of sp³-hybridized carbons (Fsp3) is 0.278. The molecule has 0 aromatic heterocycles. The second-order valence-corrected chi connectivity index (χ2v) is 5.23. The highest BCUT2D eigenvalue weighted by Gasteiger charge is 2.02. The molecule has 1 amide bonds.